The highest BCUT2D eigenvalue weighted by Gasteiger charge is 2.06. The Morgan fingerprint density at radius 1 is 0.735 bits per heavy atom. The zero-order valence-corrected chi connectivity index (χ0v) is 21.2. The summed E-state index contributed by atoms with van der Waals surface area (Å²) >= 11 is 0. The molecule has 34 heavy (non-hydrogen) atoms. The van der Waals surface area contributed by atoms with E-state index in [1.807, 2.05) is 26.2 Å². The monoisotopic (exact) mass is 484 g/mol. The molecule has 1 rings (SSSR count). The lowest BCUT2D eigenvalue weighted by atomic mass is 10.2. The number of likely N-dealkylation sites (N-methyl/N-ethyl adjacent to an activating group) is 1. The minimum atomic E-state index is -0.349. The highest BCUT2D eigenvalue weighted by atomic mass is 16.6. The standard InChI is InChI=1S/C25H44N2O7/c1-4-5-10-26-24-8-6-23(7-9-24)25(28)34-22-21-33-20-19-32-18-17-31-16-15-30-14-13-29-12-11-27(2)3/h6-9,26H,4-5,10-22H2,1-3H3. The van der Waals surface area contributed by atoms with Gasteiger partial charge in [0, 0.05) is 18.8 Å². The first-order valence-corrected chi connectivity index (χ1v) is 12.2. The molecule has 0 amide bonds. The van der Waals surface area contributed by atoms with Crippen LogP contribution in [-0.4, -0.2) is 111 Å². The van der Waals surface area contributed by atoms with Crippen molar-refractivity contribution in [3.63, 3.8) is 0 Å². The molecule has 1 N–H and O–H groups in total. The van der Waals surface area contributed by atoms with Crippen LogP contribution in [0.4, 0.5) is 5.69 Å². The number of esters is 1. The Morgan fingerprint density at radius 3 is 1.68 bits per heavy atom. The summed E-state index contributed by atoms with van der Waals surface area (Å²) in [7, 11) is 4.03. The Morgan fingerprint density at radius 2 is 1.21 bits per heavy atom. The number of carbonyl (C=O) groups excluding carboxylic acids is 1. The van der Waals surface area contributed by atoms with E-state index in [1.54, 1.807) is 12.1 Å². The first-order valence-electron chi connectivity index (χ1n) is 12.2. The smallest absolute Gasteiger partial charge is 0.338 e. The maximum Gasteiger partial charge on any atom is 0.338 e. The molecule has 0 radical (unpaired) electrons. The van der Waals surface area contributed by atoms with Crippen LogP contribution in [0.5, 0.6) is 0 Å². The van der Waals surface area contributed by atoms with Crippen LogP contribution in [-0.2, 0) is 28.4 Å². The van der Waals surface area contributed by atoms with Gasteiger partial charge in [0.15, 0.2) is 0 Å². The molecule has 0 aliphatic heterocycles. The minimum absolute atomic E-state index is 0.207. The second-order valence-electron chi connectivity index (χ2n) is 7.86. The molecule has 0 aliphatic rings. The third-order valence-corrected chi connectivity index (χ3v) is 4.61. The summed E-state index contributed by atoms with van der Waals surface area (Å²) in [6, 6.07) is 7.31. The van der Waals surface area contributed by atoms with Crippen LogP contribution in [0, 0.1) is 0 Å². The van der Waals surface area contributed by atoms with E-state index in [9.17, 15) is 4.79 Å². The van der Waals surface area contributed by atoms with Crippen LogP contribution in [0.1, 0.15) is 30.1 Å². The van der Waals surface area contributed by atoms with Gasteiger partial charge in [0.2, 0.25) is 0 Å². The van der Waals surface area contributed by atoms with Crippen LogP contribution >= 0.6 is 0 Å². The SMILES string of the molecule is CCCCNc1ccc(C(=O)OCCOCCOCCOCCOCCOCCN(C)C)cc1. The number of nitrogens with zero attached hydrogens (tertiary/aromatic N) is 1. The summed E-state index contributed by atoms with van der Waals surface area (Å²) in [5, 5.41) is 3.32. The second-order valence-corrected chi connectivity index (χ2v) is 7.86. The van der Waals surface area contributed by atoms with Crippen molar-refractivity contribution >= 4 is 11.7 Å². The topological polar surface area (TPSA) is 87.7 Å². The molecule has 9 heteroatoms. The van der Waals surface area contributed by atoms with Gasteiger partial charge in [0.05, 0.1) is 71.6 Å². The fourth-order valence-electron chi connectivity index (χ4n) is 2.64. The number of hydrogen-bond donors (Lipinski definition) is 1. The highest BCUT2D eigenvalue weighted by molar-refractivity contribution is 5.89. The number of carbonyl (C=O) groups is 1. The molecule has 0 aliphatic carbocycles. The first-order chi connectivity index (χ1) is 16.6. The van der Waals surface area contributed by atoms with Crippen molar-refractivity contribution in [1.82, 2.24) is 4.90 Å². The van der Waals surface area contributed by atoms with E-state index < -0.39 is 0 Å². The summed E-state index contributed by atoms with van der Waals surface area (Å²) in [6.07, 6.45) is 2.26. The van der Waals surface area contributed by atoms with Crippen molar-refractivity contribution in [1.29, 1.82) is 0 Å². The van der Waals surface area contributed by atoms with Gasteiger partial charge in [-0.2, -0.15) is 0 Å². The van der Waals surface area contributed by atoms with Gasteiger partial charge in [-0.3, -0.25) is 0 Å². The van der Waals surface area contributed by atoms with Crippen molar-refractivity contribution in [2.24, 2.45) is 0 Å². The van der Waals surface area contributed by atoms with Crippen molar-refractivity contribution < 1.29 is 33.2 Å². The largest absolute Gasteiger partial charge is 0.460 e. The predicted octanol–water partition coefficient (Wildman–Crippen LogP) is 2.70. The summed E-state index contributed by atoms with van der Waals surface area (Å²) in [4.78, 5) is 14.1. The zero-order chi connectivity index (χ0) is 24.7. The number of hydrogen-bond acceptors (Lipinski definition) is 9. The average molecular weight is 485 g/mol. The van der Waals surface area contributed by atoms with E-state index in [4.69, 9.17) is 28.4 Å². The van der Waals surface area contributed by atoms with Crippen molar-refractivity contribution in [2.75, 3.05) is 105 Å². The van der Waals surface area contributed by atoms with Crippen LogP contribution in [0.15, 0.2) is 24.3 Å². The van der Waals surface area contributed by atoms with Gasteiger partial charge in [-0.1, -0.05) is 13.3 Å². The molecule has 0 fully saturated rings. The lowest BCUT2D eigenvalue weighted by Crippen LogP contribution is -2.19. The molecule has 0 heterocycles. The van der Waals surface area contributed by atoms with Gasteiger partial charge < -0.3 is 38.6 Å². The molecule has 0 spiro atoms. The highest BCUT2D eigenvalue weighted by Crippen LogP contribution is 2.10. The summed E-state index contributed by atoms with van der Waals surface area (Å²) in [5.74, 6) is -0.349. The quantitative estimate of drug-likeness (QED) is 0.186. The van der Waals surface area contributed by atoms with Gasteiger partial charge in [0.1, 0.15) is 6.61 Å². The molecule has 0 saturated carbocycles. The number of ether oxygens (including phenoxy) is 6. The molecule has 1 aromatic rings. The molecule has 0 aromatic heterocycles. The molecular weight excluding hydrogens is 440 g/mol. The van der Waals surface area contributed by atoms with Crippen molar-refractivity contribution in [3.8, 4) is 0 Å². The predicted molar refractivity (Wildman–Crippen MR) is 133 cm³/mol. The Labute approximate surface area is 205 Å². The zero-order valence-electron chi connectivity index (χ0n) is 21.2. The number of benzene rings is 1. The van der Waals surface area contributed by atoms with Crippen LogP contribution in [0.3, 0.4) is 0 Å². The molecule has 9 nitrogen and oxygen atoms in total. The summed E-state index contributed by atoms with van der Waals surface area (Å²) in [6.45, 7) is 9.38. The lowest BCUT2D eigenvalue weighted by Gasteiger charge is -2.10. The molecule has 1 aromatic carbocycles. The van der Waals surface area contributed by atoms with Gasteiger partial charge in [0.25, 0.3) is 0 Å². The number of unbranched alkanes of at least 4 members (excludes halogenated alkanes) is 1. The van der Waals surface area contributed by atoms with E-state index >= 15 is 0 Å². The Bertz CT molecular complexity index is 599. The normalized spacial score (nSPS) is 11.2. The molecule has 0 unspecified atom stereocenters. The van der Waals surface area contributed by atoms with Gasteiger partial charge in [-0.25, -0.2) is 4.79 Å². The van der Waals surface area contributed by atoms with Gasteiger partial charge in [-0.15, -0.1) is 0 Å². The Kier molecular flexibility index (Phi) is 19.4. The Hall–Kier alpha value is -1.75. The molecule has 0 atom stereocenters. The van der Waals surface area contributed by atoms with E-state index in [0.717, 1.165) is 31.6 Å². The molecule has 0 bridgehead atoms. The maximum atomic E-state index is 12.0. The van der Waals surface area contributed by atoms with Crippen molar-refractivity contribution in [3.05, 3.63) is 29.8 Å². The number of nitrogens with one attached hydrogen (secondary N) is 1. The first kappa shape index (κ1) is 30.3. The molecule has 0 saturated heterocycles. The second kappa shape index (κ2) is 21.8. The van der Waals surface area contributed by atoms with Crippen LogP contribution < -0.4 is 5.32 Å². The summed E-state index contributed by atoms with van der Waals surface area (Å²) in [5.41, 5.74) is 1.53. The van der Waals surface area contributed by atoms with Crippen LogP contribution in [0.2, 0.25) is 0 Å². The lowest BCUT2D eigenvalue weighted by molar-refractivity contribution is -0.0156. The fourth-order valence-corrected chi connectivity index (χ4v) is 2.64. The van der Waals surface area contributed by atoms with Gasteiger partial charge >= 0.3 is 5.97 Å². The van der Waals surface area contributed by atoms with E-state index in [1.165, 1.54) is 0 Å². The van der Waals surface area contributed by atoms with E-state index in [0.29, 0.717) is 71.6 Å². The Balaban J connectivity index is 1.84. The van der Waals surface area contributed by atoms with Gasteiger partial charge in [-0.05, 0) is 44.8 Å². The maximum absolute atomic E-state index is 12.0. The third kappa shape index (κ3) is 17.7. The fraction of sp³-hybridized carbons (Fsp3) is 0.720. The summed E-state index contributed by atoms with van der Waals surface area (Å²) < 4.78 is 32.4. The van der Waals surface area contributed by atoms with E-state index in [2.05, 4.69) is 17.1 Å². The number of anilines is 1. The minimum Gasteiger partial charge on any atom is -0.460 e. The molecule has 196 valence electrons. The molecular formula is C25H44N2O7. The number of rotatable bonds is 23. The third-order valence-electron chi connectivity index (χ3n) is 4.61. The van der Waals surface area contributed by atoms with E-state index in [-0.39, 0.29) is 12.6 Å². The average Bonchev–Trinajstić information content (AvgIpc) is 2.83. The van der Waals surface area contributed by atoms with Crippen LogP contribution in [0.25, 0.3) is 0 Å². The van der Waals surface area contributed by atoms with Crippen molar-refractivity contribution in [2.45, 2.75) is 19.8 Å².